The van der Waals surface area contributed by atoms with E-state index in [1.165, 1.54) is 42.1 Å². The number of hydrogen-bond acceptors (Lipinski definition) is 8. The number of thioether (sulfide) groups is 1. The lowest BCUT2D eigenvalue weighted by Crippen LogP contribution is -2.62. The molecule has 0 radical (unpaired) electrons. The Balaban J connectivity index is 1.44. The fourth-order valence-corrected chi connectivity index (χ4v) is 6.22. The average molecular weight is 530 g/mol. The Hall–Kier alpha value is -4.42. The number of ether oxygens (including phenoxy) is 1. The molecule has 38 heavy (non-hydrogen) atoms. The van der Waals surface area contributed by atoms with Crippen molar-refractivity contribution < 1.29 is 18.7 Å². The van der Waals surface area contributed by atoms with Crippen molar-refractivity contribution in [3.8, 4) is 24.2 Å². The summed E-state index contributed by atoms with van der Waals surface area (Å²) in [6.07, 6.45) is 12.4. The molecule has 2 fully saturated rings. The van der Waals surface area contributed by atoms with Crippen LogP contribution in [0.1, 0.15) is 36.4 Å². The van der Waals surface area contributed by atoms with Crippen molar-refractivity contribution in [1.29, 1.82) is 5.26 Å². The van der Waals surface area contributed by atoms with Crippen LogP contribution in [0.4, 0.5) is 14.9 Å². The smallest absolute Gasteiger partial charge is 0.332 e. The molecule has 3 amide bonds. The number of fused-ring (bicyclic) bond motifs is 2. The van der Waals surface area contributed by atoms with Gasteiger partial charge in [0.1, 0.15) is 16.3 Å². The van der Waals surface area contributed by atoms with E-state index in [9.17, 15) is 19.2 Å². The molecule has 2 atom stereocenters. The third-order valence-corrected chi connectivity index (χ3v) is 8.16. The lowest BCUT2D eigenvalue weighted by Gasteiger charge is -2.40. The predicted molar refractivity (Wildman–Crippen MR) is 137 cm³/mol. The summed E-state index contributed by atoms with van der Waals surface area (Å²) in [6, 6.07) is 3.75. The first kappa shape index (κ1) is 23.9. The summed E-state index contributed by atoms with van der Waals surface area (Å²) in [5, 5.41) is 17.0. The molecule has 190 valence electrons. The van der Waals surface area contributed by atoms with Crippen molar-refractivity contribution in [1.82, 2.24) is 24.9 Å². The Morgan fingerprint density at radius 2 is 2.11 bits per heavy atom. The van der Waals surface area contributed by atoms with Gasteiger partial charge in [0.25, 0.3) is 5.91 Å². The average Bonchev–Trinajstić information content (AvgIpc) is 3.51. The molecule has 2 unspecified atom stereocenters. The van der Waals surface area contributed by atoms with Gasteiger partial charge in [0.15, 0.2) is 11.6 Å². The van der Waals surface area contributed by atoms with Crippen molar-refractivity contribution in [3.63, 3.8) is 0 Å². The van der Waals surface area contributed by atoms with E-state index >= 15 is 0 Å². The van der Waals surface area contributed by atoms with Crippen LogP contribution in [0.5, 0.6) is 5.75 Å². The van der Waals surface area contributed by atoms with Crippen molar-refractivity contribution in [2.45, 2.75) is 36.6 Å². The van der Waals surface area contributed by atoms with Gasteiger partial charge >= 0.3 is 6.03 Å². The summed E-state index contributed by atoms with van der Waals surface area (Å²) in [5.74, 6) is 1.48. The van der Waals surface area contributed by atoms with Crippen molar-refractivity contribution in [2.75, 3.05) is 18.6 Å². The number of nitrogens with zero attached hydrogens (tertiary/aromatic N) is 7. The molecule has 0 bridgehead atoms. The highest BCUT2D eigenvalue weighted by Gasteiger charge is 2.50. The number of amides is 3. The van der Waals surface area contributed by atoms with Crippen LogP contribution in [-0.4, -0.2) is 61.8 Å². The van der Waals surface area contributed by atoms with E-state index in [0.29, 0.717) is 32.8 Å². The van der Waals surface area contributed by atoms with Gasteiger partial charge in [-0.3, -0.25) is 9.78 Å². The molecule has 10 nitrogen and oxygen atoms in total. The van der Waals surface area contributed by atoms with E-state index in [1.54, 1.807) is 17.0 Å². The molecule has 2 aromatic heterocycles. The topological polar surface area (TPSA) is 117 Å². The second-order valence-corrected chi connectivity index (χ2v) is 10.3. The molecular weight excluding hydrogens is 509 g/mol. The maximum absolute atomic E-state index is 14.3. The molecule has 3 aromatic rings. The SMILES string of the molecule is C#Cc1cc(F)c(OC)cc1C1=CC2C(S1)C(=O)N(c1cncc3nnn(C4CC4)c13)C(=O)N2CCC#N. The normalized spacial score (nSPS) is 20.8. The molecule has 3 aliphatic rings. The van der Waals surface area contributed by atoms with E-state index in [-0.39, 0.29) is 24.8 Å². The van der Waals surface area contributed by atoms with E-state index < -0.39 is 29.0 Å². The Labute approximate surface area is 221 Å². The minimum atomic E-state index is -0.719. The number of carbonyl (C=O) groups excluding carboxylic acids is 2. The molecule has 1 aromatic carbocycles. The summed E-state index contributed by atoms with van der Waals surface area (Å²) in [5.41, 5.74) is 2.18. The van der Waals surface area contributed by atoms with Gasteiger partial charge in [0.2, 0.25) is 0 Å². The Morgan fingerprint density at radius 3 is 2.82 bits per heavy atom. The van der Waals surface area contributed by atoms with Gasteiger partial charge in [-0.15, -0.1) is 23.3 Å². The monoisotopic (exact) mass is 529 g/mol. The number of rotatable bonds is 6. The number of urea groups is 1. The van der Waals surface area contributed by atoms with Crippen molar-refractivity contribution in [3.05, 3.63) is 47.5 Å². The molecule has 4 heterocycles. The van der Waals surface area contributed by atoms with Crippen molar-refractivity contribution >= 4 is 45.3 Å². The van der Waals surface area contributed by atoms with Crippen molar-refractivity contribution in [2.24, 2.45) is 0 Å². The zero-order valence-electron chi connectivity index (χ0n) is 20.2. The Bertz CT molecular complexity index is 1620. The van der Waals surface area contributed by atoms with E-state index in [4.69, 9.17) is 11.2 Å². The maximum atomic E-state index is 14.3. The number of anilines is 1. The predicted octanol–water partition coefficient (Wildman–Crippen LogP) is 3.50. The second-order valence-electron chi connectivity index (χ2n) is 9.09. The number of terminal acetylenes is 1. The van der Waals surface area contributed by atoms with Crippen LogP contribution in [0.2, 0.25) is 0 Å². The fourth-order valence-electron chi connectivity index (χ4n) is 4.86. The third kappa shape index (κ3) is 3.68. The number of aromatic nitrogens is 4. The first-order valence-corrected chi connectivity index (χ1v) is 12.8. The number of pyridine rings is 1. The van der Waals surface area contributed by atoms with Crippen LogP contribution in [0.15, 0.2) is 30.6 Å². The third-order valence-electron chi connectivity index (χ3n) is 6.81. The van der Waals surface area contributed by atoms with E-state index in [1.807, 2.05) is 0 Å². The van der Waals surface area contributed by atoms with Crippen LogP contribution in [-0.2, 0) is 4.79 Å². The second kappa shape index (κ2) is 9.15. The van der Waals surface area contributed by atoms with Gasteiger partial charge in [-0.25, -0.2) is 18.8 Å². The minimum Gasteiger partial charge on any atom is -0.494 e. The molecule has 1 saturated carbocycles. The minimum absolute atomic E-state index is 0.0133. The number of halogens is 1. The molecular formula is C26H20FN7O3S. The van der Waals surface area contributed by atoms with Gasteiger partial charge in [0.05, 0.1) is 49.8 Å². The molecule has 0 N–H and O–H groups in total. The standard InChI is InChI=1S/C26H20FN7O3S/c1-3-14-9-17(27)21(37-2)10-16(14)22-11-19-24(38-22)25(35)33(26(36)32(19)8-4-7-28)20-13-29-12-18-23(20)34(31-30-18)15-5-6-15/h1,9-13,15,19,24H,4-6,8H2,2H3. The molecule has 12 heteroatoms. The van der Waals surface area contributed by atoms with Crippen LogP contribution in [0.25, 0.3) is 15.9 Å². The van der Waals surface area contributed by atoms with Gasteiger partial charge in [-0.2, -0.15) is 5.26 Å². The molecule has 0 spiro atoms. The zero-order chi connectivity index (χ0) is 26.6. The maximum Gasteiger partial charge on any atom is 0.332 e. The lowest BCUT2D eigenvalue weighted by molar-refractivity contribution is -0.119. The summed E-state index contributed by atoms with van der Waals surface area (Å²) in [7, 11) is 1.35. The van der Waals surface area contributed by atoms with Crippen LogP contribution >= 0.6 is 11.8 Å². The number of nitriles is 1. The van der Waals surface area contributed by atoms with Crippen LogP contribution in [0, 0.1) is 29.5 Å². The largest absolute Gasteiger partial charge is 0.494 e. The first-order valence-electron chi connectivity index (χ1n) is 11.9. The van der Waals surface area contributed by atoms with Gasteiger partial charge in [-0.1, -0.05) is 11.1 Å². The summed E-state index contributed by atoms with van der Waals surface area (Å²) < 4.78 is 21.2. The summed E-state index contributed by atoms with van der Waals surface area (Å²) in [6.45, 7) is 0.114. The number of hydrogen-bond donors (Lipinski definition) is 0. The summed E-state index contributed by atoms with van der Waals surface area (Å²) in [4.78, 5) is 35.3. The number of methoxy groups -OCH3 is 1. The van der Waals surface area contributed by atoms with Gasteiger partial charge < -0.3 is 9.64 Å². The Kier molecular flexibility index (Phi) is 5.77. The fraction of sp³-hybridized carbons (Fsp3) is 0.308. The van der Waals surface area contributed by atoms with E-state index in [2.05, 4.69) is 27.3 Å². The first-order chi connectivity index (χ1) is 18.5. The molecule has 2 aliphatic heterocycles. The molecule has 1 saturated heterocycles. The van der Waals surface area contributed by atoms with Crippen LogP contribution < -0.4 is 9.64 Å². The lowest BCUT2D eigenvalue weighted by atomic mass is 10.0. The number of benzene rings is 1. The highest BCUT2D eigenvalue weighted by molar-refractivity contribution is 8.09. The quantitative estimate of drug-likeness (QED) is 0.446. The number of carbonyl (C=O) groups is 2. The highest BCUT2D eigenvalue weighted by Crippen LogP contribution is 2.47. The zero-order valence-corrected chi connectivity index (χ0v) is 21.0. The molecule has 1 aliphatic carbocycles. The molecule has 6 rings (SSSR count). The Morgan fingerprint density at radius 1 is 1.29 bits per heavy atom. The number of imide groups is 1. The van der Waals surface area contributed by atoms with E-state index in [0.717, 1.165) is 17.7 Å². The highest BCUT2D eigenvalue weighted by atomic mass is 32.2. The van der Waals surface area contributed by atoms with Gasteiger partial charge in [0, 0.05) is 22.6 Å². The van der Waals surface area contributed by atoms with Gasteiger partial charge in [-0.05, 0) is 31.1 Å². The van der Waals surface area contributed by atoms with Crippen LogP contribution in [0.3, 0.4) is 0 Å². The summed E-state index contributed by atoms with van der Waals surface area (Å²) >= 11 is 1.24.